The molecular formula is C18H28N2O5. The van der Waals surface area contributed by atoms with Crippen LogP contribution >= 0.6 is 0 Å². The number of ether oxygens (including phenoxy) is 3. The van der Waals surface area contributed by atoms with Crippen molar-refractivity contribution in [1.29, 1.82) is 0 Å². The van der Waals surface area contributed by atoms with E-state index >= 15 is 0 Å². The number of nitrogens with zero attached hydrogens (tertiary/aromatic N) is 2. The number of carbonyl (C=O) groups is 2. The van der Waals surface area contributed by atoms with E-state index < -0.39 is 0 Å². The molecule has 140 valence electrons. The lowest BCUT2D eigenvalue weighted by molar-refractivity contribution is -0.129. The second kappa shape index (κ2) is 9.76. The average molecular weight is 352 g/mol. The molecule has 1 aromatic rings. The van der Waals surface area contributed by atoms with E-state index in [9.17, 15) is 9.59 Å². The number of hydrogen-bond acceptors (Lipinski definition) is 5. The minimum absolute atomic E-state index is 0.00696. The second-order valence-electron chi connectivity index (χ2n) is 5.55. The first-order chi connectivity index (χ1) is 11.8. The molecule has 0 aliphatic heterocycles. The Morgan fingerprint density at radius 3 is 1.76 bits per heavy atom. The molecule has 0 aliphatic rings. The summed E-state index contributed by atoms with van der Waals surface area (Å²) in [6.45, 7) is 6.87. The quantitative estimate of drug-likeness (QED) is 0.680. The van der Waals surface area contributed by atoms with Crippen molar-refractivity contribution in [2.24, 2.45) is 0 Å². The molecule has 0 atom stereocenters. The normalized spacial score (nSPS) is 10.2. The van der Waals surface area contributed by atoms with Crippen LogP contribution < -0.4 is 14.2 Å². The molecule has 2 amide bonds. The standard InChI is InChI=1S/C18H28N2O5/c1-7-23-14-10-13(11-15(24-8-2)17(14)25-9-3)18(22)20(6)12-16(21)19(4)5/h10-11H,7-9,12H2,1-6H3. The lowest BCUT2D eigenvalue weighted by Gasteiger charge is -2.21. The van der Waals surface area contributed by atoms with Crippen molar-refractivity contribution in [1.82, 2.24) is 9.80 Å². The van der Waals surface area contributed by atoms with Gasteiger partial charge in [0.1, 0.15) is 0 Å². The summed E-state index contributed by atoms with van der Waals surface area (Å²) < 4.78 is 16.9. The molecule has 0 fully saturated rings. The number of hydrogen-bond donors (Lipinski definition) is 0. The first kappa shape index (κ1) is 20.6. The maximum absolute atomic E-state index is 12.7. The van der Waals surface area contributed by atoms with Crippen LogP contribution in [-0.4, -0.2) is 69.1 Å². The maximum Gasteiger partial charge on any atom is 0.254 e. The van der Waals surface area contributed by atoms with Gasteiger partial charge in [-0.3, -0.25) is 9.59 Å². The minimum Gasteiger partial charge on any atom is -0.490 e. The smallest absolute Gasteiger partial charge is 0.254 e. The number of amides is 2. The first-order valence-corrected chi connectivity index (χ1v) is 8.37. The van der Waals surface area contributed by atoms with E-state index in [1.807, 2.05) is 20.8 Å². The molecule has 1 aromatic carbocycles. The van der Waals surface area contributed by atoms with E-state index in [-0.39, 0.29) is 18.4 Å². The molecule has 0 heterocycles. The van der Waals surface area contributed by atoms with E-state index in [1.165, 1.54) is 9.80 Å². The zero-order valence-corrected chi connectivity index (χ0v) is 15.9. The molecule has 0 aromatic heterocycles. The van der Waals surface area contributed by atoms with Gasteiger partial charge >= 0.3 is 0 Å². The molecule has 7 nitrogen and oxygen atoms in total. The number of rotatable bonds is 9. The number of carbonyl (C=O) groups excluding carboxylic acids is 2. The summed E-state index contributed by atoms with van der Waals surface area (Å²) in [5, 5.41) is 0. The fourth-order valence-corrected chi connectivity index (χ4v) is 2.15. The van der Waals surface area contributed by atoms with Crippen LogP contribution in [-0.2, 0) is 4.79 Å². The Morgan fingerprint density at radius 1 is 0.880 bits per heavy atom. The molecule has 0 radical (unpaired) electrons. The second-order valence-corrected chi connectivity index (χ2v) is 5.55. The van der Waals surface area contributed by atoms with Gasteiger partial charge in [0.25, 0.3) is 5.91 Å². The first-order valence-electron chi connectivity index (χ1n) is 8.37. The van der Waals surface area contributed by atoms with Crippen molar-refractivity contribution in [3.63, 3.8) is 0 Å². The topological polar surface area (TPSA) is 68.3 Å². The Labute approximate surface area is 149 Å². The highest BCUT2D eigenvalue weighted by Gasteiger charge is 2.21. The van der Waals surface area contributed by atoms with Crippen LogP contribution in [0.15, 0.2) is 12.1 Å². The van der Waals surface area contributed by atoms with Gasteiger partial charge in [0.05, 0.1) is 26.4 Å². The summed E-state index contributed by atoms with van der Waals surface area (Å²) in [7, 11) is 4.89. The number of likely N-dealkylation sites (N-methyl/N-ethyl adjacent to an activating group) is 2. The van der Waals surface area contributed by atoms with Crippen molar-refractivity contribution in [2.75, 3.05) is 47.5 Å². The van der Waals surface area contributed by atoms with Gasteiger partial charge in [-0.25, -0.2) is 0 Å². The summed E-state index contributed by atoms with van der Waals surface area (Å²) in [6, 6.07) is 3.24. The van der Waals surface area contributed by atoms with Gasteiger partial charge in [-0.1, -0.05) is 0 Å². The van der Waals surface area contributed by atoms with Gasteiger partial charge in [0.15, 0.2) is 11.5 Å². The summed E-state index contributed by atoms with van der Waals surface area (Å²) in [6.07, 6.45) is 0. The average Bonchev–Trinajstić information content (AvgIpc) is 2.57. The van der Waals surface area contributed by atoms with Crippen LogP contribution in [0.25, 0.3) is 0 Å². The molecule has 0 saturated carbocycles. The van der Waals surface area contributed by atoms with Gasteiger partial charge in [-0.05, 0) is 32.9 Å². The fourth-order valence-electron chi connectivity index (χ4n) is 2.15. The van der Waals surface area contributed by atoms with Crippen molar-refractivity contribution in [3.05, 3.63) is 17.7 Å². The van der Waals surface area contributed by atoms with Crippen molar-refractivity contribution >= 4 is 11.8 Å². The summed E-state index contributed by atoms with van der Waals surface area (Å²) >= 11 is 0. The van der Waals surface area contributed by atoms with Gasteiger partial charge in [-0.2, -0.15) is 0 Å². The zero-order valence-electron chi connectivity index (χ0n) is 15.9. The number of benzene rings is 1. The third-order valence-electron chi connectivity index (χ3n) is 3.37. The summed E-state index contributed by atoms with van der Waals surface area (Å²) in [4.78, 5) is 27.3. The summed E-state index contributed by atoms with van der Waals surface area (Å²) in [5.74, 6) is 0.934. The Morgan fingerprint density at radius 2 is 1.36 bits per heavy atom. The Bertz CT molecular complexity index is 574. The zero-order chi connectivity index (χ0) is 19.0. The maximum atomic E-state index is 12.7. The Hall–Kier alpha value is -2.44. The van der Waals surface area contributed by atoms with Gasteiger partial charge in [-0.15, -0.1) is 0 Å². The van der Waals surface area contributed by atoms with Crippen molar-refractivity contribution in [2.45, 2.75) is 20.8 Å². The van der Waals surface area contributed by atoms with E-state index in [2.05, 4.69) is 0 Å². The van der Waals surface area contributed by atoms with Crippen LogP contribution in [0.4, 0.5) is 0 Å². The van der Waals surface area contributed by atoms with Crippen molar-refractivity contribution in [3.8, 4) is 17.2 Å². The third-order valence-corrected chi connectivity index (χ3v) is 3.37. The Balaban J connectivity index is 3.20. The largest absolute Gasteiger partial charge is 0.490 e. The van der Waals surface area contributed by atoms with Crippen LogP contribution in [0.2, 0.25) is 0 Å². The van der Waals surface area contributed by atoms with E-state index in [1.54, 1.807) is 33.3 Å². The monoisotopic (exact) mass is 352 g/mol. The fraction of sp³-hybridized carbons (Fsp3) is 0.556. The molecule has 0 spiro atoms. The predicted molar refractivity (Wildman–Crippen MR) is 95.6 cm³/mol. The molecular weight excluding hydrogens is 324 g/mol. The van der Waals surface area contributed by atoms with E-state index in [4.69, 9.17) is 14.2 Å². The van der Waals surface area contributed by atoms with Gasteiger partial charge in [0, 0.05) is 26.7 Å². The lowest BCUT2D eigenvalue weighted by Crippen LogP contribution is -2.37. The van der Waals surface area contributed by atoms with Gasteiger partial charge < -0.3 is 24.0 Å². The highest BCUT2D eigenvalue weighted by molar-refractivity contribution is 5.97. The SMILES string of the molecule is CCOc1cc(C(=O)N(C)CC(=O)N(C)C)cc(OCC)c1OCC. The van der Waals surface area contributed by atoms with Crippen LogP contribution in [0.3, 0.4) is 0 Å². The van der Waals surface area contributed by atoms with Crippen LogP contribution in [0.5, 0.6) is 17.2 Å². The minimum atomic E-state index is -0.292. The molecule has 0 unspecified atom stereocenters. The highest BCUT2D eigenvalue weighted by Crippen LogP contribution is 2.39. The van der Waals surface area contributed by atoms with Crippen LogP contribution in [0.1, 0.15) is 31.1 Å². The molecule has 0 N–H and O–H groups in total. The predicted octanol–water partition coefficient (Wildman–Crippen LogP) is 2.04. The van der Waals surface area contributed by atoms with Crippen molar-refractivity contribution < 1.29 is 23.8 Å². The highest BCUT2D eigenvalue weighted by atomic mass is 16.5. The summed E-state index contributed by atoms with van der Waals surface area (Å²) in [5.41, 5.74) is 0.379. The van der Waals surface area contributed by atoms with E-state index in [0.717, 1.165) is 0 Å². The molecule has 0 bridgehead atoms. The molecule has 7 heteroatoms. The molecule has 25 heavy (non-hydrogen) atoms. The Kier molecular flexibility index (Phi) is 8.04. The molecule has 0 saturated heterocycles. The van der Waals surface area contributed by atoms with E-state index in [0.29, 0.717) is 42.6 Å². The third kappa shape index (κ3) is 5.55. The van der Waals surface area contributed by atoms with Crippen LogP contribution in [0, 0.1) is 0 Å². The lowest BCUT2D eigenvalue weighted by atomic mass is 10.1. The van der Waals surface area contributed by atoms with Gasteiger partial charge in [0.2, 0.25) is 11.7 Å². The molecule has 0 aliphatic carbocycles. The molecule has 1 rings (SSSR count).